The number of ether oxygens (including phenoxy) is 1. The summed E-state index contributed by atoms with van der Waals surface area (Å²) in [6, 6.07) is 11.0. The fourth-order valence-electron chi connectivity index (χ4n) is 1.47. The molecule has 0 amide bonds. The van der Waals surface area contributed by atoms with E-state index in [9.17, 15) is 15.3 Å². The molecule has 0 saturated carbocycles. The van der Waals surface area contributed by atoms with E-state index in [-0.39, 0.29) is 22.9 Å². The second-order valence-electron chi connectivity index (χ2n) is 3.86. The number of nitrogens with zero attached hydrogens (tertiary/aromatic N) is 1. The molecule has 0 fully saturated rings. The van der Waals surface area contributed by atoms with Crippen LogP contribution in [0.15, 0.2) is 48.5 Å². The lowest BCUT2D eigenvalue weighted by Gasteiger charge is -2.17. The van der Waals surface area contributed by atoms with E-state index in [4.69, 9.17) is 10.1 Å². The Hall–Kier alpha value is -3.01. The van der Waals surface area contributed by atoms with Gasteiger partial charge in [-0.3, -0.25) is 10.1 Å². The Bertz CT molecular complexity index is 613. The standard InChI is InChI=1S/C13H11NO8/c15-13(22-18)19-10-3-1-9(2-4-10)14(16)20-11-5-7-12(21-17)8-6-11/h1-8,16-18H/p-1. The molecule has 0 aliphatic carbocycles. The molecule has 2 N–H and O–H groups in total. The van der Waals surface area contributed by atoms with Gasteiger partial charge in [-0.25, -0.2) is 4.79 Å². The summed E-state index contributed by atoms with van der Waals surface area (Å²) in [7, 11) is 0. The third kappa shape index (κ3) is 3.99. The van der Waals surface area contributed by atoms with Crippen molar-refractivity contribution in [1.29, 1.82) is 0 Å². The molecule has 0 bridgehead atoms. The zero-order valence-corrected chi connectivity index (χ0v) is 10.9. The van der Waals surface area contributed by atoms with Crippen LogP contribution < -0.4 is 24.9 Å². The highest BCUT2D eigenvalue weighted by Crippen LogP contribution is 2.22. The van der Waals surface area contributed by atoms with Gasteiger partial charge in [-0.05, 0) is 48.5 Å². The van der Waals surface area contributed by atoms with Crippen molar-refractivity contribution in [3.63, 3.8) is 0 Å². The summed E-state index contributed by atoms with van der Waals surface area (Å²) in [5.74, 6) is 0.453. The zero-order valence-electron chi connectivity index (χ0n) is 10.9. The number of carbonyl (C=O) groups excluding carboxylic acids is 1. The minimum Gasteiger partial charge on any atom is -0.664 e. The number of carbonyl (C=O) groups is 1. The van der Waals surface area contributed by atoms with Crippen LogP contribution in [0.4, 0.5) is 10.5 Å². The van der Waals surface area contributed by atoms with Gasteiger partial charge in [0.15, 0.2) is 5.75 Å². The van der Waals surface area contributed by atoms with Crippen LogP contribution in [0.1, 0.15) is 0 Å². The maximum Gasteiger partial charge on any atom is 0.545 e. The summed E-state index contributed by atoms with van der Waals surface area (Å²) in [5, 5.41) is 28.5. The highest BCUT2D eigenvalue weighted by molar-refractivity contribution is 5.63. The van der Waals surface area contributed by atoms with E-state index in [1.807, 2.05) is 0 Å². The normalized spacial score (nSPS) is 9.77. The molecule has 0 aliphatic heterocycles. The molecule has 0 saturated heterocycles. The lowest BCUT2D eigenvalue weighted by atomic mass is 10.3. The average Bonchev–Trinajstić information content (AvgIpc) is 2.56. The minimum atomic E-state index is -1.29. The topological polar surface area (TPSA) is 121 Å². The lowest BCUT2D eigenvalue weighted by Crippen LogP contribution is -2.22. The summed E-state index contributed by atoms with van der Waals surface area (Å²) in [5.41, 5.74) is 0.230. The van der Waals surface area contributed by atoms with E-state index in [0.29, 0.717) is 5.23 Å². The van der Waals surface area contributed by atoms with Crippen LogP contribution in [0.25, 0.3) is 0 Å². The molecule has 9 heteroatoms. The molecule has 0 spiro atoms. The van der Waals surface area contributed by atoms with E-state index >= 15 is 0 Å². The summed E-state index contributed by atoms with van der Waals surface area (Å²) >= 11 is 0. The van der Waals surface area contributed by atoms with E-state index in [2.05, 4.69) is 14.5 Å². The third-order valence-corrected chi connectivity index (χ3v) is 2.45. The Morgan fingerprint density at radius 2 is 1.50 bits per heavy atom. The molecule has 0 aromatic heterocycles. The number of benzene rings is 2. The second kappa shape index (κ2) is 7.13. The fourth-order valence-corrected chi connectivity index (χ4v) is 1.47. The molecule has 2 aromatic carbocycles. The fraction of sp³-hybridized carbons (Fsp3) is 0. The Kier molecular flexibility index (Phi) is 4.98. The van der Waals surface area contributed by atoms with Gasteiger partial charge in [0.1, 0.15) is 17.2 Å². The van der Waals surface area contributed by atoms with Crippen LogP contribution in [-0.4, -0.2) is 16.6 Å². The number of hydrogen-bond acceptors (Lipinski definition) is 9. The van der Waals surface area contributed by atoms with Crippen LogP contribution in [0.5, 0.6) is 17.2 Å². The predicted molar refractivity (Wildman–Crippen MR) is 68.1 cm³/mol. The maximum atomic E-state index is 10.7. The van der Waals surface area contributed by atoms with Crippen molar-refractivity contribution in [2.75, 3.05) is 5.23 Å². The van der Waals surface area contributed by atoms with Crippen LogP contribution in [-0.2, 0) is 4.89 Å². The molecule has 0 aliphatic rings. The first-order valence-electron chi connectivity index (χ1n) is 5.82. The molecule has 0 heterocycles. The molecule has 116 valence electrons. The van der Waals surface area contributed by atoms with Gasteiger partial charge in [0.2, 0.25) is 0 Å². The predicted octanol–water partition coefficient (Wildman–Crippen LogP) is 1.52. The number of hydrogen-bond donors (Lipinski definition) is 2. The molecule has 0 atom stereocenters. The van der Waals surface area contributed by atoms with Gasteiger partial charge in [0, 0.05) is 0 Å². The smallest absolute Gasteiger partial charge is 0.545 e. The number of rotatable bonds is 5. The van der Waals surface area contributed by atoms with Gasteiger partial charge in [0.05, 0.1) is 0 Å². The van der Waals surface area contributed by atoms with E-state index in [1.54, 1.807) is 0 Å². The summed E-state index contributed by atoms with van der Waals surface area (Å²) in [4.78, 5) is 22.9. The van der Waals surface area contributed by atoms with E-state index in [1.165, 1.54) is 48.5 Å². The first kappa shape index (κ1) is 15.4. The quantitative estimate of drug-likeness (QED) is 0.366. The largest absolute Gasteiger partial charge is 0.664 e. The summed E-state index contributed by atoms with van der Waals surface area (Å²) in [6.45, 7) is 0. The molecule has 0 radical (unpaired) electrons. The van der Waals surface area contributed by atoms with Crippen molar-refractivity contribution in [1.82, 2.24) is 0 Å². The van der Waals surface area contributed by atoms with Crippen molar-refractivity contribution in [2.45, 2.75) is 0 Å². The Labute approximate surface area is 123 Å². The van der Waals surface area contributed by atoms with Crippen molar-refractivity contribution < 1.29 is 39.9 Å². The van der Waals surface area contributed by atoms with Crippen molar-refractivity contribution in [2.24, 2.45) is 0 Å². The molecule has 2 rings (SSSR count). The Morgan fingerprint density at radius 3 is 2.05 bits per heavy atom. The van der Waals surface area contributed by atoms with Crippen molar-refractivity contribution in [3.05, 3.63) is 48.5 Å². The Morgan fingerprint density at radius 1 is 0.955 bits per heavy atom. The average molecular weight is 308 g/mol. The van der Waals surface area contributed by atoms with E-state index < -0.39 is 6.16 Å². The van der Waals surface area contributed by atoms with Gasteiger partial charge in [-0.15, -0.1) is 0 Å². The Balaban J connectivity index is 1.99. The van der Waals surface area contributed by atoms with Gasteiger partial charge >= 0.3 is 6.16 Å². The minimum absolute atomic E-state index is 0.0909. The van der Waals surface area contributed by atoms with Crippen molar-refractivity contribution in [3.8, 4) is 17.2 Å². The molecule has 0 unspecified atom stereocenters. The molecular formula is C13H10NO8-. The number of anilines is 1. The first-order chi connectivity index (χ1) is 10.6. The van der Waals surface area contributed by atoms with Crippen molar-refractivity contribution >= 4 is 11.8 Å². The van der Waals surface area contributed by atoms with Gasteiger partial charge in [-0.1, -0.05) is 5.23 Å². The van der Waals surface area contributed by atoms with Crippen LogP contribution in [0.2, 0.25) is 0 Å². The summed E-state index contributed by atoms with van der Waals surface area (Å²) < 4.78 is 4.55. The second-order valence-corrected chi connectivity index (χ2v) is 3.86. The first-order valence-corrected chi connectivity index (χ1v) is 5.82. The molecule has 22 heavy (non-hydrogen) atoms. The highest BCUT2D eigenvalue weighted by Gasteiger charge is 2.09. The summed E-state index contributed by atoms with van der Waals surface area (Å²) in [6.07, 6.45) is -1.29. The molecule has 2 aromatic rings. The van der Waals surface area contributed by atoms with E-state index in [0.717, 1.165) is 0 Å². The highest BCUT2D eigenvalue weighted by atomic mass is 17.1. The molecular weight excluding hydrogens is 298 g/mol. The maximum absolute atomic E-state index is 10.7. The van der Waals surface area contributed by atoms with Crippen LogP contribution in [0.3, 0.4) is 0 Å². The van der Waals surface area contributed by atoms with Gasteiger partial charge in [0.25, 0.3) is 0 Å². The monoisotopic (exact) mass is 308 g/mol. The zero-order chi connectivity index (χ0) is 15.9. The van der Waals surface area contributed by atoms with Crippen LogP contribution >= 0.6 is 0 Å². The van der Waals surface area contributed by atoms with Gasteiger partial charge in [-0.2, -0.15) is 5.26 Å². The SMILES string of the molecule is O=C(OO)Oc1ccc(N(O)Oc2ccc(O[O-])cc2)cc1. The van der Waals surface area contributed by atoms with Gasteiger partial charge < -0.3 is 19.7 Å². The lowest BCUT2D eigenvalue weighted by molar-refractivity contribution is -0.635. The molecule has 9 nitrogen and oxygen atoms in total. The third-order valence-electron chi connectivity index (χ3n) is 2.45. The van der Waals surface area contributed by atoms with Crippen LogP contribution in [0, 0.1) is 0 Å².